The van der Waals surface area contributed by atoms with E-state index >= 15 is 0 Å². The Hall–Kier alpha value is -1.89. The van der Waals surface area contributed by atoms with Crippen molar-refractivity contribution >= 4 is 21.8 Å². The molecule has 0 saturated carbocycles. The predicted molar refractivity (Wildman–Crippen MR) is 90.7 cm³/mol. The van der Waals surface area contributed by atoms with Gasteiger partial charge in [0, 0.05) is 12.5 Å². The third kappa shape index (κ3) is 3.77. The summed E-state index contributed by atoms with van der Waals surface area (Å²) < 4.78 is 26.4. The number of amides is 2. The van der Waals surface area contributed by atoms with Crippen molar-refractivity contribution in [3.05, 3.63) is 29.8 Å². The molecular weight excluding hydrogens is 328 g/mol. The monoisotopic (exact) mass is 352 g/mol. The van der Waals surface area contributed by atoms with Crippen molar-refractivity contribution in [3.8, 4) is 0 Å². The Labute approximate surface area is 143 Å². The second-order valence-electron chi connectivity index (χ2n) is 6.26. The van der Waals surface area contributed by atoms with E-state index in [1.54, 1.807) is 12.1 Å². The molecule has 132 valence electrons. The predicted octanol–water partition coefficient (Wildman–Crippen LogP) is 1.98. The lowest BCUT2D eigenvalue weighted by molar-refractivity contribution is -0.131. The van der Waals surface area contributed by atoms with E-state index in [0.717, 1.165) is 22.7 Å². The molecule has 24 heavy (non-hydrogen) atoms. The van der Waals surface area contributed by atoms with Crippen LogP contribution in [0.25, 0.3) is 0 Å². The lowest BCUT2D eigenvalue weighted by Gasteiger charge is -2.25. The normalized spacial score (nSPS) is 19.4. The van der Waals surface area contributed by atoms with Crippen LogP contribution in [-0.4, -0.2) is 36.6 Å². The molecule has 7 heteroatoms. The molecule has 2 amide bonds. The van der Waals surface area contributed by atoms with E-state index in [1.807, 2.05) is 20.8 Å². The minimum atomic E-state index is -4.02. The summed E-state index contributed by atoms with van der Waals surface area (Å²) in [5, 5.41) is 2.81. The fourth-order valence-corrected chi connectivity index (χ4v) is 4.47. The molecule has 0 bridgehead atoms. The molecule has 2 atom stereocenters. The maximum atomic E-state index is 12.8. The van der Waals surface area contributed by atoms with E-state index in [1.165, 1.54) is 12.1 Å². The van der Waals surface area contributed by atoms with Gasteiger partial charge in [0.25, 0.3) is 10.0 Å². The Morgan fingerprint density at radius 2 is 1.96 bits per heavy atom. The van der Waals surface area contributed by atoms with Crippen LogP contribution in [0.4, 0.5) is 0 Å². The summed E-state index contributed by atoms with van der Waals surface area (Å²) in [6.07, 6.45) is 1.99. The van der Waals surface area contributed by atoms with Crippen molar-refractivity contribution in [2.24, 2.45) is 0 Å². The Balaban J connectivity index is 2.26. The number of hydrogen-bond acceptors (Lipinski definition) is 4. The summed E-state index contributed by atoms with van der Waals surface area (Å²) >= 11 is 0. The number of benzene rings is 1. The van der Waals surface area contributed by atoms with E-state index in [9.17, 15) is 18.0 Å². The number of rotatable bonds is 6. The van der Waals surface area contributed by atoms with Gasteiger partial charge in [0.2, 0.25) is 11.8 Å². The number of aryl methyl sites for hydroxylation is 1. The number of carbonyl (C=O) groups excluding carboxylic acids is 2. The molecule has 1 aromatic rings. The van der Waals surface area contributed by atoms with Crippen molar-refractivity contribution < 1.29 is 18.0 Å². The molecule has 0 unspecified atom stereocenters. The average Bonchev–Trinajstić information content (AvgIpc) is 2.90. The van der Waals surface area contributed by atoms with Gasteiger partial charge < -0.3 is 5.32 Å². The summed E-state index contributed by atoms with van der Waals surface area (Å²) in [5.74, 6) is -0.934. The minimum Gasteiger partial charge on any atom is -0.352 e. The van der Waals surface area contributed by atoms with Crippen LogP contribution in [0, 0.1) is 6.92 Å². The van der Waals surface area contributed by atoms with Gasteiger partial charge in [-0.2, -0.15) is 0 Å². The van der Waals surface area contributed by atoms with Crippen LogP contribution in [0.1, 0.15) is 45.1 Å². The first-order chi connectivity index (χ1) is 11.3. The third-order valence-corrected chi connectivity index (χ3v) is 6.00. The molecular formula is C17H24N2O4S. The SMILES string of the molecule is CCC[C@H](C)NC(=O)[C@H]1CCC(=O)N1S(=O)(=O)c1ccc(C)cc1. The zero-order valence-electron chi connectivity index (χ0n) is 14.3. The fourth-order valence-electron chi connectivity index (χ4n) is 2.87. The zero-order chi connectivity index (χ0) is 17.9. The average molecular weight is 352 g/mol. The molecule has 1 heterocycles. The number of nitrogens with zero attached hydrogens (tertiary/aromatic N) is 1. The number of nitrogens with one attached hydrogen (secondary N) is 1. The van der Waals surface area contributed by atoms with Gasteiger partial charge in [-0.25, -0.2) is 12.7 Å². The smallest absolute Gasteiger partial charge is 0.267 e. The van der Waals surface area contributed by atoms with Gasteiger partial charge in [0.15, 0.2) is 0 Å². The first-order valence-electron chi connectivity index (χ1n) is 8.21. The van der Waals surface area contributed by atoms with Crippen LogP contribution in [0.3, 0.4) is 0 Å². The van der Waals surface area contributed by atoms with Crippen molar-refractivity contribution in [1.82, 2.24) is 9.62 Å². The molecule has 6 nitrogen and oxygen atoms in total. The zero-order valence-corrected chi connectivity index (χ0v) is 15.1. The second-order valence-corrected chi connectivity index (χ2v) is 8.08. The number of carbonyl (C=O) groups is 2. The summed E-state index contributed by atoms with van der Waals surface area (Å²) in [6, 6.07) is 5.25. The minimum absolute atomic E-state index is 0.0303. The summed E-state index contributed by atoms with van der Waals surface area (Å²) in [5.41, 5.74) is 0.921. The Morgan fingerprint density at radius 3 is 2.54 bits per heavy atom. The summed E-state index contributed by atoms with van der Waals surface area (Å²) in [4.78, 5) is 24.6. The van der Waals surface area contributed by atoms with E-state index in [-0.39, 0.29) is 23.8 Å². The quantitative estimate of drug-likeness (QED) is 0.848. The van der Waals surface area contributed by atoms with Crippen molar-refractivity contribution in [1.29, 1.82) is 0 Å². The fraction of sp³-hybridized carbons (Fsp3) is 0.529. The molecule has 1 aromatic carbocycles. The van der Waals surface area contributed by atoms with Crippen LogP contribution in [-0.2, 0) is 19.6 Å². The first kappa shape index (κ1) is 18.4. The second kappa shape index (κ2) is 7.34. The molecule has 0 spiro atoms. The van der Waals surface area contributed by atoms with Gasteiger partial charge in [-0.15, -0.1) is 0 Å². The van der Waals surface area contributed by atoms with Crippen molar-refractivity contribution in [2.45, 2.75) is 63.4 Å². The Bertz CT molecular complexity index is 713. The topological polar surface area (TPSA) is 83.6 Å². The van der Waals surface area contributed by atoms with Crippen LogP contribution < -0.4 is 5.32 Å². The summed E-state index contributed by atoms with van der Waals surface area (Å²) in [6.45, 7) is 5.73. The highest BCUT2D eigenvalue weighted by Gasteiger charge is 2.44. The first-order valence-corrected chi connectivity index (χ1v) is 9.65. The van der Waals surface area contributed by atoms with Crippen molar-refractivity contribution in [3.63, 3.8) is 0 Å². The molecule has 0 aliphatic carbocycles. The Kier molecular flexibility index (Phi) is 5.64. The van der Waals surface area contributed by atoms with E-state index in [2.05, 4.69) is 5.32 Å². The van der Waals surface area contributed by atoms with Gasteiger partial charge in [0.1, 0.15) is 6.04 Å². The highest BCUT2D eigenvalue weighted by molar-refractivity contribution is 7.89. The van der Waals surface area contributed by atoms with Crippen molar-refractivity contribution in [2.75, 3.05) is 0 Å². The van der Waals surface area contributed by atoms with Crippen LogP contribution >= 0.6 is 0 Å². The Morgan fingerprint density at radius 1 is 1.33 bits per heavy atom. The highest BCUT2D eigenvalue weighted by atomic mass is 32.2. The van der Waals surface area contributed by atoms with Gasteiger partial charge in [0.05, 0.1) is 4.90 Å². The number of hydrogen-bond donors (Lipinski definition) is 1. The molecule has 0 radical (unpaired) electrons. The maximum absolute atomic E-state index is 12.8. The standard InChI is InChI=1S/C17H24N2O4S/c1-4-5-13(3)18-17(21)15-10-11-16(20)19(15)24(22,23)14-8-6-12(2)7-9-14/h6-9,13,15H,4-5,10-11H2,1-3H3,(H,18,21)/t13-,15+/m0/s1. The lowest BCUT2D eigenvalue weighted by Crippen LogP contribution is -2.49. The lowest BCUT2D eigenvalue weighted by atomic mass is 10.1. The highest BCUT2D eigenvalue weighted by Crippen LogP contribution is 2.27. The molecule has 0 aromatic heterocycles. The van der Waals surface area contributed by atoms with Gasteiger partial charge >= 0.3 is 0 Å². The largest absolute Gasteiger partial charge is 0.352 e. The van der Waals surface area contributed by atoms with E-state index in [4.69, 9.17) is 0 Å². The maximum Gasteiger partial charge on any atom is 0.267 e. The van der Waals surface area contributed by atoms with Gasteiger partial charge in [-0.1, -0.05) is 31.0 Å². The van der Waals surface area contributed by atoms with E-state index in [0.29, 0.717) is 0 Å². The van der Waals surface area contributed by atoms with Crippen LogP contribution in [0.5, 0.6) is 0 Å². The third-order valence-electron chi connectivity index (χ3n) is 4.15. The molecule has 2 rings (SSSR count). The number of sulfonamides is 1. The van der Waals surface area contributed by atoms with Crippen LogP contribution in [0.15, 0.2) is 29.2 Å². The van der Waals surface area contributed by atoms with Gasteiger partial charge in [-0.05, 0) is 38.8 Å². The molecule has 1 N–H and O–H groups in total. The molecule has 1 saturated heterocycles. The molecule has 1 aliphatic rings. The summed E-state index contributed by atoms with van der Waals surface area (Å²) in [7, 11) is -4.02. The van der Waals surface area contributed by atoms with Crippen LogP contribution in [0.2, 0.25) is 0 Å². The molecule has 1 fully saturated rings. The van der Waals surface area contributed by atoms with E-state index < -0.39 is 27.9 Å². The molecule has 1 aliphatic heterocycles. The van der Waals surface area contributed by atoms with Gasteiger partial charge in [-0.3, -0.25) is 9.59 Å².